The first-order valence-electron chi connectivity index (χ1n) is 10.6. The number of pyridine rings is 1. The monoisotopic (exact) mass is 409 g/mol. The zero-order valence-electron chi connectivity index (χ0n) is 16.7. The van der Waals surface area contributed by atoms with Crippen LogP contribution in [-0.4, -0.2) is 72.3 Å². The first-order chi connectivity index (χ1) is 14.0. The van der Waals surface area contributed by atoms with Gasteiger partial charge in [-0.25, -0.2) is 18.6 Å². The Morgan fingerprint density at radius 1 is 1.14 bits per heavy atom. The number of carbonyl (C=O) groups excluding carboxylic acids is 1. The number of nitrogens with zero attached hydrogens (tertiary/aromatic N) is 4. The number of amides is 1. The standard InChI is InChI=1S/C20H29F2N5O2/c21-20(22)7-3-9-27(15-20)29-19(28)24-16-6-8-23-18(14-16)26-12-10-25(11-13-26)17-4-1-2-5-17/h6,8,14,17H,1-5,7,9-13,15H2,(H,23,24,28). The molecule has 3 fully saturated rings. The van der Waals surface area contributed by atoms with Crippen LogP contribution < -0.4 is 10.2 Å². The number of rotatable bonds is 4. The van der Waals surface area contributed by atoms with Crippen molar-refractivity contribution in [2.24, 2.45) is 0 Å². The van der Waals surface area contributed by atoms with Crippen molar-refractivity contribution >= 4 is 17.6 Å². The molecule has 0 aromatic carbocycles. The van der Waals surface area contributed by atoms with Crippen LogP contribution in [0.25, 0.3) is 0 Å². The molecule has 3 aliphatic rings. The number of aromatic nitrogens is 1. The van der Waals surface area contributed by atoms with E-state index < -0.39 is 18.6 Å². The lowest BCUT2D eigenvalue weighted by molar-refractivity contribution is -0.177. The van der Waals surface area contributed by atoms with Crippen molar-refractivity contribution in [1.82, 2.24) is 14.9 Å². The van der Waals surface area contributed by atoms with Crippen molar-refractivity contribution < 1.29 is 18.4 Å². The van der Waals surface area contributed by atoms with Crippen LogP contribution in [0.5, 0.6) is 0 Å². The smallest absolute Gasteiger partial charge is 0.354 e. The maximum absolute atomic E-state index is 13.4. The molecule has 4 rings (SSSR count). The average molecular weight is 409 g/mol. The molecule has 29 heavy (non-hydrogen) atoms. The van der Waals surface area contributed by atoms with E-state index in [0.717, 1.165) is 43.1 Å². The summed E-state index contributed by atoms with van der Waals surface area (Å²) < 4.78 is 26.9. The zero-order valence-corrected chi connectivity index (χ0v) is 16.7. The van der Waals surface area contributed by atoms with Crippen molar-refractivity contribution in [2.75, 3.05) is 49.5 Å². The summed E-state index contributed by atoms with van der Waals surface area (Å²) in [5.74, 6) is -2.01. The van der Waals surface area contributed by atoms with E-state index >= 15 is 0 Å². The normalized spacial score (nSPS) is 23.9. The number of nitrogens with one attached hydrogen (secondary N) is 1. The van der Waals surface area contributed by atoms with Crippen LogP contribution in [0.2, 0.25) is 0 Å². The summed E-state index contributed by atoms with van der Waals surface area (Å²) in [6.45, 7) is 3.61. The van der Waals surface area contributed by atoms with Crippen molar-refractivity contribution in [3.63, 3.8) is 0 Å². The summed E-state index contributed by atoms with van der Waals surface area (Å²) >= 11 is 0. The Labute approximate surface area is 169 Å². The summed E-state index contributed by atoms with van der Waals surface area (Å²) in [7, 11) is 0. The van der Waals surface area contributed by atoms with Crippen LogP contribution in [-0.2, 0) is 4.84 Å². The molecule has 9 heteroatoms. The van der Waals surface area contributed by atoms with Gasteiger partial charge in [-0.05, 0) is 25.3 Å². The van der Waals surface area contributed by atoms with Crippen LogP contribution in [0.1, 0.15) is 38.5 Å². The Morgan fingerprint density at radius 2 is 1.90 bits per heavy atom. The highest BCUT2D eigenvalue weighted by Crippen LogP contribution is 2.27. The van der Waals surface area contributed by atoms with Crippen molar-refractivity contribution in [1.29, 1.82) is 0 Å². The molecule has 0 radical (unpaired) electrons. The number of hydrogen-bond donors (Lipinski definition) is 1. The summed E-state index contributed by atoms with van der Waals surface area (Å²) in [6, 6.07) is 4.21. The molecule has 1 saturated carbocycles. The van der Waals surface area contributed by atoms with Crippen molar-refractivity contribution in [3.05, 3.63) is 18.3 Å². The summed E-state index contributed by atoms with van der Waals surface area (Å²) in [5, 5.41) is 3.66. The van der Waals surface area contributed by atoms with E-state index in [1.165, 1.54) is 25.7 Å². The van der Waals surface area contributed by atoms with Gasteiger partial charge in [-0.3, -0.25) is 10.2 Å². The third-order valence-electron chi connectivity index (χ3n) is 6.04. The Bertz CT molecular complexity index is 706. The predicted molar refractivity (Wildman–Crippen MR) is 106 cm³/mol. The fourth-order valence-corrected chi connectivity index (χ4v) is 4.52. The molecule has 0 bridgehead atoms. The minimum absolute atomic E-state index is 0.170. The quantitative estimate of drug-likeness (QED) is 0.823. The Morgan fingerprint density at radius 3 is 2.62 bits per heavy atom. The maximum Gasteiger partial charge on any atom is 0.430 e. The molecule has 2 aliphatic heterocycles. The minimum Gasteiger partial charge on any atom is -0.354 e. The molecule has 0 spiro atoms. The SMILES string of the molecule is O=C(Nc1ccnc(N2CCN(C3CCCC3)CC2)c1)ON1CCCC(F)(F)C1. The van der Waals surface area contributed by atoms with Crippen LogP contribution in [0.3, 0.4) is 0 Å². The van der Waals surface area contributed by atoms with Gasteiger partial charge in [0, 0.05) is 63.1 Å². The second-order valence-electron chi connectivity index (χ2n) is 8.19. The van der Waals surface area contributed by atoms with Crippen LogP contribution in [0.4, 0.5) is 25.1 Å². The van der Waals surface area contributed by atoms with Gasteiger partial charge in [0.15, 0.2) is 0 Å². The number of hydroxylamine groups is 2. The molecular formula is C20H29F2N5O2. The molecule has 0 atom stereocenters. The summed E-state index contributed by atoms with van der Waals surface area (Å²) in [4.78, 5) is 26.4. The fraction of sp³-hybridized carbons (Fsp3) is 0.700. The maximum atomic E-state index is 13.4. The molecule has 1 N–H and O–H groups in total. The van der Waals surface area contributed by atoms with Gasteiger partial charge in [0.2, 0.25) is 0 Å². The predicted octanol–water partition coefficient (Wildman–Crippen LogP) is 3.34. The van der Waals surface area contributed by atoms with Crippen LogP contribution in [0.15, 0.2) is 18.3 Å². The summed E-state index contributed by atoms with van der Waals surface area (Å²) in [6.07, 6.45) is 6.31. The third-order valence-corrected chi connectivity index (χ3v) is 6.04. The van der Waals surface area contributed by atoms with E-state index in [1.807, 2.05) is 0 Å². The lowest BCUT2D eigenvalue weighted by Crippen LogP contribution is -2.50. The van der Waals surface area contributed by atoms with E-state index in [2.05, 4.69) is 20.1 Å². The van der Waals surface area contributed by atoms with E-state index in [9.17, 15) is 13.6 Å². The average Bonchev–Trinajstić information content (AvgIpc) is 3.22. The largest absolute Gasteiger partial charge is 0.430 e. The molecule has 7 nitrogen and oxygen atoms in total. The number of anilines is 2. The molecule has 2 saturated heterocycles. The first-order valence-corrected chi connectivity index (χ1v) is 10.6. The van der Waals surface area contributed by atoms with Gasteiger partial charge in [-0.1, -0.05) is 12.8 Å². The second kappa shape index (κ2) is 8.79. The molecule has 1 aliphatic carbocycles. The molecular weight excluding hydrogens is 380 g/mol. The number of carbonyl (C=O) groups is 1. The number of hydrogen-bond acceptors (Lipinski definition) is 6. The van der Waals surface area contributed by atoms with Gasteiger partial charge in [0.05, 0.1) is 6.54 Å². The second-order valence-corrected chi connectivity index (χ2v) is 8.19. The van der Waals surface area contributed by atoms with E-state index in [1.54, 1.807) is 18.3 Å². The van der Waals surface area contributed by atoms with E-state index in [-0.39, 0.29) is 6.42 Å². The molecule has 3 heterocycles. The topological polar surface area (TPSA) is 60.9 Å². The molecule has 0 unspecified atom stereocenters. The Hall–Kier alpha value is -2.00. The number of piperidine rings is 1. The first kappa shape index (κ1) is 20.3. The lowest BCUT2D eigenvalue weighted by atomic mass is 10.1. The molecule has 160 valence electrons. The molecule has 1 aromatic rings. The van der Waals surface area contributed by atoms with Gasteiger partial charge in [0.25, 0.3) is 5.92 Å². The van der Waals surface area contributed by atoms with Crippen LogP contribution in [0, 0.1) is 0 Å². The minimum atomic E-state index is -2.82. The van der Waals surface area contributed by atoms with Gasteiger partial charge < -0.3 is 9.74 Å². The highest BCUT2D eigenvalue weighted by Gasteiger charge is 2.37. The molecule has 1 amide bonds. The molecule has 1 aromatic heterocycles. The lowest BCUT2D eigenvalue weighted by Gasteiger charge is -2.38. The Kier molecular flexibility index (Phi) is 6.15. The van der Waals surface area contributed by atoms with Gasteiger partial charge in [0.1, 0.15) is 5.82 Å². The number of halogens is 2. The fourth-order valence-electron chi connectivity index (χ4n) is 4.52. The van der Waals surface area contributed by atoms with Gasteiger partial charge >= 0.3 is 6.09 Å². The van der Waals surface area contributed by atoms with Crippen molar-refractivity contribution in [2.45, 2.75) is 50.5 Å². The van der Waals surface area contributed by atoms with E-state index in [0.29, 0.717) is 18.7 Å². The van der Waals surface area contributed by atoms with Crippen LogP contribution >= 0.6 is 0 Å². The number of piperazine rings is 1. The zero-order chi connectivity index (χ0) is 20.3. The number of alkyl halides is 2. The highest BCUT2D eigenvalue weighted by atomic mass is 19.3. The third kappa shape index (κ3) is 5.33. The van der Waals surface area contributed by atoms with Gasteiger partial charge in [-0.15, -0.1) is 5.06 Å². The Balaban J connectivity index is 1.29. The highest BCUT2D eigenvalue weighted by molar-refractivity contribution is 5.84. The van der Waals surface area contributed by atoms with Gasteiger partial charge in [-0.2, -0.15) is 0 Å². The van der Waals surface area contributed by atoms with E-state index in [4.69, 9.17) is 4.84 Å². The summed E-state index contributed by atoms with van der Waals surface area (Å²) in [5.41, 5.74) is 0.544. The van der Waals surface area contributed by atoms with Crippen molar-refractivity contribution in [3.8, 4) is 0 Å².